The molecule has 64 valence electrons. The molecule has 2 rings (SSSR count). The molecule has 3 heteroatoms. The van der Waals surface area contributed by atoms with Gasteiger partial charge in [0.2, 0.25) is 0 Å². The van der Waals surface area contributed by atoms with Gasteiger partial charge in [-0.1, -0.05) is 12.1 Å². The highest BCUT2D eigenvalue weighted by atomic mass is 32.2. The van der Waals surface area contributed by atoms with Gasteiger partial charge in [0.25, 0.3) is 0 Å². The van der Waals surface area contributed by atoms with E-state index in [-0.39, 0.29) is 0 Å². The standard InChI is InChI=1S/C9H11NS2/c11-6-5-10-7-12-9-4-2-1-3-8(9)10/h1-4,11H,5-7H2. The maximum Gasteiger partial charge on any atom is 0.0687 e. The number of benzene rings is 1. The Morgan fingerprint density at radius 1 is 1.42 bits per heavy atom. The molecular weight excluding hydrogens is 186 g/mol. The first kappa shape index (κ1) is 8.32. The van der Waals surface area contributed by atoms with Crippen LogP contribution < -0.4 is 4.90 Å². The summed E-state index contributed by atoms with van der Waals surface area (Å²) < 4.78 is 0. The molecule has 1 aromatic carbocycles. The molecular formula is C9H11NS2. The number of fused-ring (bicyclic) bond motifs is 1. The molecule has 0 saturated heterocycles. The van der Waals surface area contributed by atoms with Crippen LogP contribution in [0.5, 0.6) is 0 Å². The summed E-state index contributed by atoms with van der Waals surface area (Å²) in [6.45, 7) is 1.05. The van der Waals surface area contributed by atoms with E-state index in [0.717, 1.165) is 18.2 Å². The molecule has 1 aliphatic heterocycles. The second-order valence-corrected chi connectivity index (χ2v) is 4.16. The topological polar surface area (TPSA) is 3.24 Å². The molecule has 1 aromatic rings. The lowest BCUT2D eigenvalue weighted by Crippen LogP contribution is -2.21. The van der Waals surface area contributed by atoms with Crippen molar-refractivity contribution in [2.45, 2.75) is 4.90 Å². The number of nitrogens with zero attached hydrogens (tertiary/aromatic N) is 1. The molecule has 1 aliphatic rings. The van der Waals surface area contributed by atoms with E-state index < -0.39 is 0 Å². The van der Waals surface area contributed by atoms with Crippen molar-refractivity contribution in [3.63, 3.8) is 0 Å². The zero-order valence-corrected chi connectivity index (χ0v) is 8.44. The van der Waals surface area contributed by atoms with Crippen LogP contribution in [-0.4, -0.2) is 18.2 Å². The first-order chi connectivity index (χ1) is 5.92. The smallest absolute Gasteiger partial charge is 0.0687 e. The molecule has 1 heterocycles. The average Bonchev–Trinajstić information content (AvgIpc) is 2.50. The first-order valence-corrected chi connectivity index (χ1v) is 5.61. The molecule has 0 bridgehead atoms. The molecule has 0 atom stereocenters. The Bertz CT molecular complexity index is 273. The van der Waals surface area contributed by atoms with E-state index in [1.165, 1.54) is 10.6 Å². The summed E-state index contributed by atoms with van der Waals surface area (Å²) in [5.41, 5.74) is 1.37. The first-order valence-electron chi connectivity index (χ1n) is 3.99. The van der Waals surface area contributed by atoms with Crippen molar-refractivity contribution in [2.75, 3.05) is 23.1 Å². The summed E-state index contributed by atoms with van der Waals surface area (Å²) in [5, 5.41) is 0. The molecule has 12 heavy (non-hydrogen) atoms. The highest BCUT2D eigenvalue weighted by molar-refractivity contribution is 7.99. The molecule has 1 nitrogen and oxygen atoms in total. The molecule has 0 N–H and O–H groups in total. The fourth-order valence-electron chi connectivity index (χ4n) is 1.36. The minimum absolute atomic E-state index is 0.925. The van der Waals surface area contributed by atoms with E-state index in [2.05, 4.69) is 41.8 Å². The lowest BCUT2D eigenvalue weighted by atomic mass is 10.3. The van der Waals surface area contributed by atoms with Gasteiger partial charge in [-0.25, -0.2) is 0 Å². The predicted octanol–water partition coefficient (Wildman–Crippen LogP) is 2.49. The third-order valence-electron chi connectivity index (χ3n) is 1.95. The van der Waals surface area contributed by atoms with Gasteiger partial charge in [0.15, 0.2) is 0 Å². The largest absolute Gasteiger partial charge is 0.360 e. The minimum atomic E-state index is 0.925. The van der Waals surface area contributed by atoms with Crippen molar-refractivity contribution in [3.05, 3.63) is 24.3 Å². The highest BCUT2D eigenvalue weighted by Gasteiger charge is 2.17. The Balaban J connectivity index is 2.24. The van der Waals surface area contributed by atoms with Crippen LogP contribution in [0.2, 0.25) is 0 Å². The summed E-state index contributed by atoms with van der Waals surface area (Å²) in [7, 11) is 0. The second kappa shape index (κ2) is 3.62. The van der Waals surface area contributed by atoms with Gasteiger partial charge in [-0.05, 0) is 12.1 Å². The van der Waals surface area contributed by atoms with Gasteiger partial charge < -0.3 is 4.90 Å². The van der Waals surface area contributed by atoms with Crippen LogP contribution in [0.1, 0.15) is 0 Å². The number of anilines is 1. The molecule has 0 unspecified atom stereocenters. The van der Waals surface area contributed by atoms with E-state index in [4.69, 9.17) is 0 Å². The fourth-order valence-corrected chi connectivity index (χ4v) is 2.69. The normalized spacial score (nSPS) is 14.9. The van der Waals surface area contributed by atoms with Crippen molar-refractivity contribution in [2.24, 2.45) is 0 Å². The minimum Gasteiger partial charge on any atom is -0.360 e. The number of thioether (sulfide) groups is 1. The van der Waals surface area contributed by atoms with Crippen LogP contribution in [0.3, 0.4) is 0 Å². The van der Waals surface area contributed by atoms with Crippen LogP contribution in [-0.2, 0) is 0 Å². The number of para-hydroxylation sites is 1. The van der Waals surface area contributed by atoms with Crippen molar-refractivity contribution in [1.29, 1.82) is 0 Å². The Hall–Kier alpha value is -0.280. The van der Waals surface area contributed by atoms with Crippen LogP contribution in [0.25, 0.3) is 0 Å². The molecule has 0 aliphatic carbocycles. The number of thiol groups is 1. The molecule has 0 amide bonds. The Morgan fingerprint density at radius 2 is 2.25 bits per heavy atom. The lowest BCUT2D eigenvalue weighted by molar-refractivity contribution is 0.962. The molecule has 0 fully saturated rings. The number of hydrogen-bond donors (Lipinski definition) is 1. The van der Waals surface area contributed by atoms with Crippen molar-refractivity contribution in [3.8, 4) is 0 Å². The van der Waals surface area contributed by atoms with Gasteiger partial charge in [-0.15, -0.1) is 11.8 Å². The van der Waals surface area contributed by atoms with E-state index in [9.17, 15) is 0 Å². The zero-order chi connectivity index (χ0) is 8.39. The van der Waals surface area contributed by atoms with Gasteiger partial charge in [-0.2, -0.15) is 12.6 Å². The SMILES string of the molecule is SCCN1CSc2ccccc21. The van der Waals surface area contributed by atoms with Gasteiger partial charge in [0.05, 0.1) is 11.6 Å². The second-order valence-electron chi connectivity index (χ2n) is 2.73. The summed E-state index contributed by atoms with van der Waals surface area (Å²) in [4.78, 5) is 3.77. The predicted molar refractivity (Wildman–Crippen MR) is 58.4 cm³/mol. The summed E-state index contributed by atoms with van der Waals surface area (Å²) >= 11 is 6.14. The number of hydrogen-bond acceptors (Lipinski definition) is 3. The van der Waals surface area contributed by atoms with Crippen molar-refractivity contribution in [1.82, 2.24) is 0 Å². The Kier molecular flexibility index (Phi) is 2.51. The average molecular weight is 197 g/mol. The lowest BCUT2D eigenvalue weighted by Gasteiger charge is -2.16. The van der Waals surface area contributed by atoms with Gasteiger partial charge in [-0.3, -0.25) is 0 Å². The molecule has 0 saturated carbocycles. The highest BCUT2D eigenvalue weighted by Crippen LogP contribution is 2.37. The molecule has 0 aromatic heterocycles. The Morgan fingerprint density at radius 3 is 3.08 bits per heavy atom. The maximum atomic E-state index is 4.24. The molecule has 0 spiro atoms. The summed E-state index contributed by atoms with van der Waals surface area (Å²) in [5.74, 6) is 2.01. The van der Waals surface area contributed by atoms with Crippen LogP contribution in [0, 0.1) is 0 Å². The summed E-state index contributed by atoms with van der Waals surface area (Å²) in [6.07, 6.45) is 0. The Labute approximate surface area is 82.6 Å². The fraction of sp³-hybridized carbons (Fsp3) is 0.333. The zero-order valence-electron chi connectivity index (χ0n) is 6.73. The quantitative estimate of drug-likeness (QED) is 0.726. The van der Waals surface area contributed by atoms with Crippen LogP contribution in [0.15, 0.2) is 29.2 Å². The summed E-state index contributed by atoms with van der Waals surface area (Å²) in [6, 6.07) is 8.55. The maximum absolute atomic E-state index is 4.24. The van der Waals surface area contributed by atoms with E-state index in [1.54, 1.807) is 0 Å². The van der Waals surface area contributed by atoms with Crippen molar-refractivity contribution < 1.29 is 0 Å². The van der Waals surface area contributed by atoms with E-state index in [1.807, 2.05) is 11.8 Å². The third-order valence-corrected chi connectivity index (χ3v) is 3.25. The van der Waals surface area contributed by atoms with Gasteiger partial charge >= 0.3 is 0 Å². The van der Waals surface area contributed by atoms with Gasteiger partial charge in [0, 0.05) is 17.2 Å². The number of rotatable bonds is 2. The van der Waals surface area contributed by atoms with Crippen LogP contribution in [0.4, 0.5) is 5.69 Å². The monoisotopic (exact) mass is 197 g/mol. The van der Waals surface area contributed by atoms with Crippen molar-refractivity contribution >= 4 is 30.1 Å². The van der Waals surface area contributed by atoms with E-state index in [0.29, 0.717) is 0 Å². The third kappa shape index (κ3) is 1.43. The van der Waals surface area contributed by atoms with Crippen LogP contribution >= 0.6 is 24.4 Å². The molecule has 0 radical (unpaired) electrons. The van der Waals surface area contributed by atoms with Gasteiger partial charge in [0.1, 0.15) is 0 Å². The van der Waals surface area contributed by atoms with E-state index >= 15 is 0 Å².